The Morgan fingerprint density at radius 3 is 2.30 bits per heavy atom. The van der Waals surface area contributed by atoms with Gasteiger partial charge in [-0.15, -0.1) is 0 Å². The molecule has 0 spiro atoms. The number of carbonyl (C=O) groups is 2. The molecule has 1 aliphatic heterocycles. The summed E-state index contributed by atoms with van der Waals surface area (Å²) in [4.78, 5) is 26.1. The first-order chi connectivity index (χ1) is 12.6. The van der Waals surface area contributed by atoms with E-state index in [1.165, 1.54) is 32.2 Å². The highest BCUT2D eigenvalue weighted by atomic mass is 35.5. The molecule has 1 amide bonds. The highest BCUT2D eigenvalue weighted by molar-refractivity contribution is 7.92. The topological polar surface area (TPSA) is 84.0 Å². The molecule has 1 fully saturated rings. The summed E-state index contributed by atoms with van der Waals surface area (Å²) in [5.74, 6) is -0.867. The molecule has 0 saturated carbocycles. The maximum atomic E-state index is 12.9. The van der Waals surface area contributed by atoms with E-state index in [0.29, 0.717) is 25.9 Å². The van der Waals surface area contributed by atoms with Crippen molar-refractivity contribution in [2.75, 3.05) is 30.8 Å². The van der Waals surface area contributed by atoms with E-state index in [1.807, 2.05) is 0 Å². The lowest BCUT2D eigenvalue weighted by Crippen LogP contribution is -2.51. The first kappa shape index (κ1) is 21.8. The number of carbonyl (C=O) groups excluding carboxylic acids is 2. The van der Waals surface area contributed by atoms with E-state index in [9.17, 15) is 18.0 Å². The zero-order chi connectivity index (χ0) is 20.4. The van der Waals surface area contributed by atoms with Gasteiger partial charge in [0, 0.05) is 13.1 Å². The monoisotopic (exact) mass is 436 g/mol. The van der Waals surface area contributed by atoms with Gasteiger partial charge < -0.3 is 9.64 Å². The molecule has 7 nitrogen and oxygen atoms in total. The molecule has 0 N–H and O–H groups in total. The fraction of sp³-hybridized carbons (Fsp3) is 0.529. The minimum absolute atomic E-state index is 0.196. The normalized spacial score (nSPS) is 16.7. The van der Waals surface area contributed by atoms with Gasteiger partial charge in [0.25, 0.3) is 0 Å². The number of rotatable bonds is 5. The van der Waals surface area contributed by atoms with Crippen molar-refractivity contribution in [3.05, 3.63) is 28.2 Å². The summed E-state index contributed by atoms with van der Waals surface area (Å²) >= 11 is 11.9. The second-order valence-electron chi connectivity index (χ2n) is 6.46. The molecule has 10 heteroatoms. The van der Waals surface area contributed by atoms with E-state index >= 15 is 0 Å². The quantitative estimate of drug-likeness (QED) is 0.662. The molecule has 2 rings (SSSR count). The fourth-order valence-corrected chi connectivity index (χ4v) is 4.64. The average Bonchev–Trinajstić information content (AvgIpc) is 2.62. The molecule has 1 aromatic rings. The first-order valence-corrected chi connectivity index (χ1v) is 11.0. The molecule has 1 unspecified atom stereocenters. The molecule has 0 radical (unpaired) electrons. The Bertz CT molecular complexity index is 823. The van der Waals surface area contributed by atoms with E-state index in [-0.39, 0.29) is 33.5 Å². The van der Waals surface area contributed by atoms with E-state index in [0.717, 1.165) is 10.6 Å². The number of methoxy groups -OCH3 is 1. The van der Waals surface area contributed by atoms with Crippen molar-refractivity contribution in [3.8, 4) is 0 Å². The van der Waals surface area contributed by atoms with Crippen LogP contribution in [-0.4, -0.2) is 57.7 Å². The lowest BCUT2D eigenvalue weighted by molar-refractivity contribution is -0.149. The van der Waals surface area contributed by atoms with Crippen LogP contribution in [0.5, 0.6) is 0 Å². The molecular formula is C17H22Cl2N2O5S. The fourth-order valence-electron chi connectivity index (χ4n) is 3.19. The van der Waals surface area contributed by atoms with Gasteiger partial charge >= 0.3 is 5.97 Å². The largest absolute Gasteiger partial charge is 0.469 e. The smallest absolute Gasteiger partial charge is 0.308 e. The minimum atomic E-state index is -3.75. The molecule has 1 saturated heterocycles. The molecule has 0 aromatic heterocycles. The molecule has 0 aliphatic carbocycles. The second kappa shape index (κ2) is 8.67. The molecule has 1 heterocycles. The van der Waals surface area contributed by atoms with E-state index < -0.39 is 16.1 Å². The van der Waals surface area contributed by atoms with Crippen molar-refractivity contribution in [2.45, 2.75) is 25.8 Å². The molecular weight excluding hydrogens is 415 g/mol. The third-order valence-electron chi connectivity index (χ3n) is 4.57. The van der Waals surface area contributed by atoms with Crippen LogP contribution >= 0.6 is 23.2 Å². The number of hydrogen-bond donors (Lipinski definition) is 0. The standard InChI is InChI=1S/C17H22Cl2N2O5S/c1-11(16(22)20-8-6-12(7-9-20)17(23)26-2)21(27(3,24)25)13-4-5-14(18)15(19)10-13/h4-5,10-12H,6-9H2,1-3H3. The molecule has 150 valence electrons. The third kappa shape index (κ3) is 5.06. The van der Waals surface area contributed by atoms with Gasteiger partial charge in [-0.25, -0.2) is 8.42 Å². The van der Waals surface area contributed by atoms with Crippen molar-refractivity contribution in [1.82, 2.24) is 4.90 Å². The summed E-state index contributed by atoms with van der Waals surface area (Å²) in [6.45, 7) is 2.25. The molecule has 27 heavy (non-hydrogen) atoms. The first-order valence-electron chi connectivity index (χ1n) is 8.37. The van der Waals surface area contributed by atoms with Gasteiger partial charge in [0.05, 0.1) is 35.0 Å². The summed E-state index contributed by atoms with van der Waals surface area (Å²) in [6, 6.07) is 3.43. The zero-order valence-electron chi connectivity index (χ0n) is 15.3. The Morgan fingerprint density at radius 1 is 1.22 bits per heavy atom. The number of sulfonamides is 1. The van der Waals surface area contributed by atoms with E-state index in [4.69, 9.17) is 27.9 Å². The SMILES string of the molecule is COC(=O)C1CCN(C(=O)C(C)N(c2ccc(Cl)c(Cl)c2)S(C)(=O)=O)CC1. The van der Waals surface area contributed by atoms with E-state index in [1.54, 1.807) is 4.90 Å². The van der Waals surface area contributed by atoms with Crippen molar-refractivity contribution < 1.29 is 22.7 Å². The maximum absolute atomic E-state index is 12.9. The number of esters is 1. The van der Waals surface area contributed by atoms with Crippen LogP contribution in [0.25, 0.3) is 0 Å². The number of piperidine rings is 1. The van der Waals surface area contributed by atoms with E-state index in [2.05, 4.69) is 0 Å². The van der Waals surface area contributed by atoms with Gasteiger partial charge in [-0.3, -0.25) is 13.9 Å². The maximum Gasteiger partial charge on any atom is 0.308 e. The van der Waals surface area contributed by atoms with Crippen LogP contribution in [-0.2, 0) is 24.3 Å². The summed E-state index contributed by atoms with van der Waals surface area (Å²) in [6.07, 6.45) is 2.00. The Balaban J connectivity index is 2.21. The number of ether oxygens (including phenoxy) is 1. The Kier molecular flexibility index (Phi) is 6.99. The Morgan fingerprint density at radius 2 is 1.81 bits per heavy atom. The van der Waals surface area contributed by atoms with Crippen LogP contribution in [0.15, 0.2) is 18.2 Å². The number of hydrogen-bond acceptors (Lipinski definition) is 5. The van der Waals surface area contributed by atoms with Gasteiger partial charge in [0.2, 0.25) is 15.9 Å². The predicted molar refractivity (Wildman–Crippen MR) is 105 cm³/mol. The van der Waals surface area contributed by atoms with Crippen LogP contribution in [0.3, 0.4) is 0 Å². The van der Waals surface area contributed by atoms with Crippen molar-refractivity contribution >= 4 is 50.8 Å². The van der Waals surface area contributed by atoms with Crippen LogP contribution in [0.4, 0.5) is 5.69 Å². The number of amides is 1. The van der Waals surface area contributed by atoms with Crippen molar-refractivity contribution in [1.29, 1.82) is 0 Å². The lowest BCUT2D eigenvalue weighted by Gasteiger charge is -2.36. The van der Waals surface area contributed by atoms with Gasteiger partial charge in [0.1, 0.15) is 6.04 Å². The minimum Gasteiger partial charge on any atom is -0.469 e. The Labute approximate surface area is 169 Å². The Hall–Kier alpha value is -1.51. The summed E-state index contributed by atoms with van der Waals surface area (Å²) in [5, 5.41) is 0.485. The van der Waals surface area contributed by atoms with Gasteiger partial charge in [-0.2, -0.15) is 0 Å². The van der Waals surface area contributed by atoms with Gasteiger partial charge in [-0.05, 0) is 38.0 Å². The average molecular weight is 437 g/mol. The number of halogens is 2. The summed E-state index contributed by atoms with van der Waals surface area (Å²) in [5.41, 5.74) is 0.261. The third-order valence-corrected chi connectivity index (χ3v) is 6.55. The van der Waals surface area contributed by atoms with Gasteiger partial charge in [-0.1, -0.05) is 23.2 Å². The summed E-state index contributed by atoms with van der Waals surface area (Å²) in [7, 11) is -2.41. The number of likely N-dealkylation sites (tertiary alicyclic amines) is 1. The van der Waals surface area contributed by atoms with Gasteiger partial charge in [0.15, 0.2) is 0 Å². The molecule has 0 bridgehead atoms. The van der Waals surface area contributed by atoms with Crippen LogP contribution in [0, 0.1) is 5.92 Å². The molecule has 1 aliphatic rings. The lowest BCUT2D eigenvalue weighted by atomic mass is 9.96. The summed E-state index contributed by atoms with van der Waals surface area (Å²) < 4.78 is 30.5. The van der Waals surface area contributed by atoms with Crippen LogP contribution in [0.1, 0.15) is 19.8 Å². The molecule has 1 aromatic carbocycles. The van der Waals surface area contributed by atoms with Crippen LogP contribution in [0.2, 0.25) is 10.0 Å². The predicted octanol–water partition coefficient (Wildman–Crippen LogP) is 2.56. The second-order valence-corrected chi connectivity index (χ2v) is 9.13. The van der Waals surface area contributed by atoms with Crippen molar-refractivity contribution in [3.63, 3.8) is 0 Å². The highest BCUT2D eigenvalue weighted by Crippen LogP contribution is 2.30. The van der Waals surface area contributed by atoms with Crippen LogP contribution < -0.4 is 4.31 Å². The highest BCUT2D eigenvalue weighted by Gasteiger charge is 2.35. The number of nitrogens with zero attached hydrogens (tertiary/aromatic N) is 2. The van der Waals surface area contributed by atoms with Crippen molar-refractivity contribution in [2.24, 2.45) is 5.92 Å². The molecule has 1 atom stereocenters. The number of anilines is 1. The zero-order valence-corrected chi connectivity index (χ0v) is 17.6. The number of benzene rings is 1.